The van der Waals surface area contributed by atoms with Crippen LogP contribution >= 0.6 is 0 Å². The summed E-state index contributed by atoms with van der Waals surface area (Å²) in [5, 5.41) is 8.40. The minimum absolute atomic E-state index is 0.369. The largest absolute Gasteiger partial charge is 0.398 e. The number of nitrogen functional groups attached to an aromatic ring is 1. The Hall–Kier alpha value is -1.58. The van der Waals surface area contributed by atoms with E-state index in [1.54, 1.807) is 0 Å². The second kappa shape index (κ2) is 2.51. The highest BCUT2D eigenvalue weighted by molar-refractivity contribution is 5.47. The van der Waals surface area contributed by atoms with Crippen molar-refractivity contribution in [1.82, 2.24) is 14.6 Å². The molecule has 1 saturated carbocycles. The highest BCUT2D eigenvalue weighted by Crippen LogP contribution is 2.57. The Morgan fingerprint density at radius 1 is 1.40 bits per heavy atom. The summed E-state index contributed by atoms with van der Waals surface area (Å²) < 4.78 is 2.01. The molecule has 1 aliphatic carbocycles. The fourth-order valence-corrected chi connectivity index (χ4v) is 2.07. The zero-order chi connectivity index (χ0) is 10.6. The van der Waals surface area contributed by atoms with Crippen LogP contribution in [0.2, 0.25) is 0 Å². The molecule has 1 fully saturated rings. The van der Waals surface area contributed by atoms with Crippen LogP contribution in [-0.4, -0.2) is 14.6 Å². The number of fused-ring (bicyclic) bond motifs is 1. The van der Waals surface area contributed by atoms with Gasteiger partial charge in [0.25, 0.3) is 0 Å². The zero-order valence-electron chi connectivity index (χ0n) is 8.94. The third kappa shape index (κ3) is 1.21. The first-order valence-electron chi connectivity index (χ1n) is 5.18. The van der Waals surface area contributed by atoms with E-state index in [1.165, 1.54) is 6.42 Å². The molecule has 4 nitrogen and oxygen atoms in total. The van der Waals surface area contributed by atoms with E-state index in [-0.39, 0.29) is 0 Å². The van der Waals surface area contributed by atoms with Gasteiger partial charge in [0.05, 0.1) is 0 Å². The highest BCUT2D eigenvalue weighted by atomic mass is 15.3. The lowest BCUT2D eigenvalue weighted by Crippen LogP contribution is -1.98. The maximum atomic E-state index is 5.76. The van der Waals surface area contributed by atoms with Crippen LogP contribution in [0.1, 0.15) is 32.0 Å². The third-order valence-electron chi connectivity index (χ3n) is 3.28. The lowest BCUT2D eigenvalue weighted by atomic mass is 10.1. The Labute approximate surface area is 88.1 Å². The molecular formula is C11H14N4. The average molecular weight is 202 g/mol. The molecule has 2 aromatic rings. The van der Waals surface area contributed by atoms with E-state index in [0.717, 1.165) is 17.2 Å². The van der Waals surface area contributed by atoms with Gasteiger partial charge in [0, 0.05) is 17.8 Å². The van der Waals surface area contributed by atoms with Crippen molar-refractivity contribution in [3.05, 3.63) is 24.2 Å². The van der Waals surface area contributed by atoms with E-state index in [2.05, 4.69) is 24.0 Å². The number of hydrogen-bond donors (Lipinski definition) is 1. The Kier molecular flexibility index (Phi) is 1.45. The molecule has 4 heteroatoms. The Balaban J connectivity index is 2.16. The van der Waals surface area contributed by atoms with Gasteiger partial charge in [-0.15, -0.1) is 10.2 Å². The molecule has 1 aliphatic rings. The first-order valence-corrected chi connectivity index (χ1v) is 5.18. The molecular weight excluding hydrogens is 188 g/mol. The smallest absolute Gasteiger partial charge is 0.160 e. The number of nitrogens with zero attached hydrogens (tertiary/aromatic N) is 3. The lowest BCUT2D eigenvalue weighted by Gasteiger charge is -2.02. The number of pyridine rings is 1. The summed E-state index contributed by atoms with van der Waals surface area (Å²) in [6.07, 6.45) is 3.08. The van der Waals surface area contributed by atoms with E-state index < -0.39 is 0 Å². The third-order valence-corrected chi connectivity index (χ3v) is 3.28. The number of hydrogen-bond acceptors (Lipinski definition) is 3. The van der Waals surface area contributed by atoms with Crippen LogP contribution in [0.4, 0.5) is 5.69 Å². The van der Waals surface area contributed by atoms with Crippen LogP contribution in [-0.2, 0) is 0 Å². The van der Waals surface area contributed by atoms with Gasteiger partial charge in [-0.05, 0) is 24.0 Å². The maximum Gasteiger partial charge on any atom is 0.160 e. The van der Waals surface area contributed by atoms with Crippen LogP contribution in [0.25, 0.3) is 5.65 Å². The van der Waals surface area contributed by atoms with Crippen LogP contribution < -0.4 is 5.73 Å². The van der Waals surface area contributed by atoms with Gasteiger partial charge in [0.2, 0.25) is 0 Å². The van der Waals surface area contributed by atoms with E-state index >= 15 is 0 Å². The summed E-state index contributed by atoms with van der Waals surface area (Å²) in [7, 11) is 0. The second-order valence-electron chi connectivity index (χ2n) is 4.99. The van der Waals surface area contributed by atoms with E-state index in [0.29, 0.717) is 11.3 Å². The molecule has 3 rings (SSSR count). The van der Waals surface area contributed by atoms with Gasteiger partial charge in [-0.3, -0.25) is 4.40 Å². The molecule has 0 saturated heterocycles. The van der Waals surface area contributed by atoms with Crippen molar-refractivity contribution in [2.24, 2.45) is 5.41 Å². The molecule has 1 unspecified atom stereocenters. The van der Waals surface area contributed by atoms with Crippen molar-refractivity contribution < 1.29 is 0 Å². The summed E-state index contributed by atoms with van der Waals surface area (Å²) in [5.41, 5.74) is 7.76. The van der Waals surface area contributed by atoms with E-state index in [4.69, 9.17) is 5.73 Å². The normalized spacial score (nSPS) is 23.2. The number of rotatable bonds is 1. The Morgan fingerprint density at radius 2 is 2.13 bits per heavy atom. The predicted octanol–water partition coefficient (Wildman–Crippen LogP) is 1.82. The van der Waals surface area contributed by atoms with Crippen molar-refractivity contribution in [3.63, 3.8) is 0 Å². The molecule has 2 N–H and O–H groups in total. The fraction of sp³-hybridized carbons (Fsp3) is 0.455. The standard InChI is InChI=1S/C11H14N4/c1-11(2)5-8(11)10-14-13-9-4-3-7(12)6-15(9)10/h3-4,6,8H,5,12H2,1-2H3. The van der Waals surface area contributed by atoms with Gasteiger partial charge >= 0.3 is 0 Å². The highest BCUT2D eigenvalue weighted by Gasteiger charge is 2.49. The second-order valence-corrected chi connectivity index (χ2v) is 4.99. The van der Waals surface area contributed by atoms with Crippen LogP contribution in [0.5, 0.6) is 0 Å². The van der Waals surface area contributed by atoms with E-state index in [9.17, 15) is 0 Å². The fourth-order valence-electron chi connectivity index (χ4n) is 2.07. The molecule has 0 bridgehead atoms. The SMILES string of the molecule is CC1(C)CC1c1nnc2ccc(N)cn12. The quantitative estimate of drug-likeness (QED) is 0.767. The topological polar surface area (TPSA) is 56.2 Å². The van der Waals surface area contributed by atoms with Crippen molar-refractivity contribution in [3.8, 4) is 0 Å². The van der Waals surface area contributed by atoms with Crippen molar-refractivity contribution >= 4 is 11.3 Å². The summed E-state index contributed by atoms with van der Waals surface area (Å²) >= 11 is 0. The monoisotopic (exact) mass is 202 g/mol. The molecule has 0 radical (unpaired) electrons. The molecule has 0 aliphatic heterocycles. The number of nitrogens with two attached hydrogens (primary N) is 1. The van der Waals surface area contributed by atoms with Crippen LogP contribution in [0.3, 0.4) is 0 Å². The molecule has 0 amide bonds. The zero-order valence-corrected chi connectivity index (χ0v) is 8.94. The molecule has 15 heavy (non-hydrogen) atoms. The van der Waals surface area contributed by atoms with E-state index in [1.807, 2.05) is 22.7 Å². The van der Waals surface area contributed by atoms with Crippen molar-refractivity contribution in [1.29, 1.82) is 0 Å². The number of aromatic nitrogens is 3. The Morgan fingerprint density at radius 3 is 2.80 bits per heavy atom. The molecule has 0 aromatic carbocycles. The van der Waals surface area contributed by atoms with Gasteiger partial charge in [0.1, 0.15) is 5.82 Å². The summed E-state index contributed by atoms with van der Waals surface area (Å²) in [4.78, 5) is 0. The van der Waals surface area contributed by atoms with Crippen LogP contribution in [0, 0.1) is 5.41 Å². The average Bonchev–Trinajstić information content (AvgIpc) is 2.64. The minimum atomic E-state index is 0.369. The van der Waals surface area contributed by atoms with Gasteiger partial charge in [-0.1, -0.05) is 13.8 Å². The van der Waals surface area contributed by atoms with Crippen molar-refractivity contribution in [2.45, 2.75) is 26.2 Å². The van der Waals surface area contributed by atoms with Gasteiger partial charge < -0.3 is 5.73 Å². The van der Waals surface area contributed by atoms with Gasteiger partial charge in [-0.25, -0.2) is 0 Å². The first-order chi connectivity index (χ1) is 7.08. The van der Waals surface area contributed by atoms with Crippen LogP contribution in [0.15, 0.2) is 18.3 Å². The maximum absolute atomic E-state index is 5.76. The molecule has 1 atom stereocenters. The molecule has 0 spiro atoms. The summed E-state index contributed by atoms with van der Waals surface area (Å²) in [6.45, 7) is 4.51. The van der Waals surface area contributed by atoms with Gasteiger partial charge in [0.15, 0.2) is 5.65 Å². The summed E-state index contributed by atoms with van der Waals surface area (Å²) in [5.74, 6) is 1.57. The number of anilines is 1. The minimum Gasteiger partial charge on any atom is -0.398 e. The van der Waals surface area contributed by atoms with Gasteiger partial charge in [-0.2, -0.15) is 0 Å². The lowest BCUT2D eigenvalue weighted by molar-refractivity contribution is 0.606. The first kappa shape index (κ1) is 8.71. The molecule has 78 valence electrons. The Bertz CT molecular complexity index is 526. The predicted molar refractivity (Wildman–Crippen MR) is 58.5 cm³/mol. The molecule has 2 heterocycles. The van der Waals surface area contributed by atoms with Crippen molar-refractivity contribution in [2.75, 3.05) is 5.73 Å². The molecule has 2 aromatic heterocycles. The summed E-state index contributed by atoms with van der Waals surface area (Å²) in [6, 6.07) is 3.76.